The number of aliphatic hydroxyl groups excluding tert-OH is 1. The number of hydrogen-bond acceptors (Lipinski definition) is 15. The Morgan fingerprint density at radius 1 is 0.717 bits per heavy atom. The topological polar surface area (TPSA) is 301 Å². The SMILES string of the molecule is CC[C@H](C)[C@@H]([C@@H](CC(=O)N1CCC[C@H]1[C@H](OC)[C@@H](C)C(=O)N[C@H](C)[C@@H](O)c1ccccc1)OC)N(C)C(=O)[C@@H](NC(=O)[C@H](C(C)C)N(C)C(=O)OCc1ccc(NC(=O)[C@H](CC2CCC(CN)CC2)NC(=O)[C@@H](N[C@@H](CCCCCN2C(=O)C=CC2=O)C(F)(F)F)C(C)C)cc1)C(C)C. The molecule has 8 N–H and O–H groups in total. The number of benzene rings is 2. The zero-order chi connectivity index (χ0) is 73.6. The Hall–Kier alpha value is -7.00. The van der Waals surface area contributed by atoms with Gasteiger partial charge in [0.25, 0.3) is 11.8 Å². The lowest BCUT2D eigenvalue weighted by Crippen LogP contribution is -2.60. The number of nitrogens with zero attached hydrogens (tertiary/aromatic N) is 4. The van der Waals surface area contributed by atoms with E-state index in [1.165, 1.54) is 26.2 Å². The van der Waals surface area contributed by atoms with Crippen molar-refractivity contribution in [2.75, 3.05) is 53.3 Å². The summed E-state index contributed by atoms with van der Waals surface area (Å²) in [6.07, 6.45) is -0.160. The minimum atomic E-state index is -4.72. The normalized spacial score (nSPS) is 20.2. The standard InChI is InChI=1S/C73H113F3N10O13/c1-15-46(8)64(56(97-13)40-60(89)85-38-22-25-55(85)66(98-14)47(9)67(91)78-48(10)65(90)52-23-18-16-19-24-52)83(11)71(95)62(44(4)5)82-70(94)63(45(6)7)84(12)72(96)99-42-51-31-33-53(34-32-51)79-68(92)54(39-49-27-29-50(41-77)30-28-49)80-69(93)61(43(2)3)81-57(73(74,75)76)26-20-17-21-37-86-58(87)35-36-59(86)88/h16,18-19,23-24,31-36,43-50,54-57,61-66,81,90H,15,17,20-22,25-30,37-42,77H2,1-14H3,(H,78,91)(H,79,92)(H,80,93)(H,82,94)/t46-,47+,48+,49?,50?,54-,55-,56+,57-,61-,62-,63-,64-,65+,66+/m0/s1. The lowest BCUT2D eigenvalue weighted by Gasteiger charge is -2.41. The van der Waals surface area contributed by atoms with Gasteiger partial charge in [0.15, 0.2) is 0 Å². The number of likely N-dealkylation sites (N-methyl/N-ethyl adjacent to an activating group) is 2. The smallest absolute Gasteiger partial charge is 0.410 e. The lowest BCUT2D eigenvalue weighted by atomic mass is 9.79. The molecule has 2 aromatic carbocycles. The van der Waals surface area contributed by atoms with Crippen molar-refractivity contribution in [1.82, 2.24) is 40.9 Å². The van der Waals surface area contributed by atoms with Crippen LogP contribution in [0, 0.1) is 41.4 Å². The Bertz CT molecular complexity index is 2970. The van der Waals surface area contributed by atoms with Gasteiger partial charge >= 0.3 is 12.3 Å². The predicted molar refractivity (Wildman–Crippen MR) is 371 cm³/mol. The van der Waals surface area contributed by atoms with Crippen LogP contribution in [0.5, 0.6) is 0 Å². The second-order valence-electron chi connectivity index (χ2n) is 28.4. The van der Waals surface area contributed by atoms with Gasteiger partial charge in [-0.3, -0.25) is 53.5 Å². The maximum Gasteiger partial charge on any atom is 0.410 e. The highest BCUT2D eigenvalue weighted by atomic mass is 19.4. The first kappa shape index (κ1) is 82.7. The number of carbonyl (C=O) groups is 9. The van der Waals surface area contributed by atoms with Gasteiger partial charge in [-0.05, 0) is 117 Å². The predicted octanol–water partition coefficient (Wildman–Crippen LogP) is 8.19. The molecule has 1 saturated heterocycles. The summed E-state index contributed by atoms with van der Waals surface area (Å²) >= 11 is 0. The van der Waals surface area contributed by atoms with Crippen molar-refractivity contribution in [1.29, 1.82) is 0 Å². The summed E-state index contributed by atoms with van der Waals surface area (Å²) in [6.45, 7) is 18.5. The van der Waals surface area contributed by atoms with Crippen molar-refractivity contribution in [3.63, 3.8) is 0 Å². The van der Waals surface area contributed by atoms with Gasteiger partial charge in [0.2, 0.25) is 35.4 Å². The molecule has 0 bridgehead atoms. The third-order valence-corrected chi connectivity index (χ3v) is 20.2. The third kappa shape index (κ3) is 23.5. The van der Waals surface area contributed by atoms with Crippen LogP contribution >= 0.6 is 0 Å². The molecule has 5 rings (SSSR count). The lowest BCUT2D eigenvalue weighted by molar-refractivity contribution is -0.161. The molecular weight excluding hydrogens is 1280 g/mol. The van der Waals surface area contributed by atoms with Crippen LogP contribution < -0.4 is 32.3 Å². The molecule has 0 radical (unpaired) electrons. The Morgan fingerprint density at radius 3 is 1.89 bits per heavy atom. The molecular formula is C73H113F3N10O13. The van der Waals surface area contributed by atoms with Crippen LogP contribution in [0.4, 0.5) is 23.7 Å². The Balaban J connectivity index is 1.21. The van der Waals surface area contributed by atoms with Gasteiger partial charge in [-0.15, -0.1) is 0 Å². The van der Waals surface area contributed by atoms with Crippen LogP contribution in [0.15, 0.2) is 66.7 Å². The minimum absolute atomic E-state index is 0.0214. The first-order valence-corrected chi connectivity index (χ1v) is 35.4. The molecule has 554 valence electrons. The fraction of sp³-hybridized carbons (Fsp3) is 0.685. The number of imide groups is 1. The number of nitrogens with one attached hydrogen (secondary N) is 5. The first-order chi connectivity index (χ1) is 46.8. The van der Waals surface area contributed by atoms with Gasteiger partial charge in [0.1, 0.15) is 30.8 Å². The van der Waals surface area contributed by atoms with Gasteiger partial charge in [0.05, 0.1) is 54.8 Å². The number of likely N-dealkylation sites (tertiary alicyclic amines) is 1. The molecule has 1 saturated carbocycles. The van der Waals surface area contributed by atoms with E-state index in [9.17, 15) is 61.4 Å². The van der Waals surface area contributed by atoms with Crippen LogP contribution in [0.3, 0.4) is 0 Å². The summed E-state index contributed by atoms with van der Waals surface area (Å²) in [5.74, 6) is -5.92. The zero-order valence-electron chi connectivity index (χ0n) is 60.6. The van der Waals surface area contributed by atoms with E-state index in [0.29, 0.717) is 67.9 Å². The van der Waals surface area contributed by atoms with Crippen molar-refractivity contribution in [2.45, 2.75) is 232 Å². The number of amides is 9. The van der Waals surface area contributed by atoms with Crippen LogP contribution in [-0.2, 0) is 59.2 Å². The van der Waals surface area contributed by atoms with E-state index in [1.807, 2.05) is 32.0 Å². The molecule has 3 aliphatic rings. The molecule has 1 aliphatic carbocycles. The number of nitrogens with two attached hydrogens (primary N) is 1. The number of ether oxygens (including phenoxy) is 3. The van der Waals surface area contributed by atoms with Crippen molar-refractivity contribution < 1.29 is 75.6 Å². The Morgan fingerprint density at radius 2 is 1.33 bits per heavy atom. The minimum Gasteiger partial charge on any atom is -0.445 e. The average Bonchev–Trinajstić information content (AvgIpc) is 1.79. The maximum absolute atomic E-state index is 14.9. The highest BCUT2D eigenvalue weighted by Gasteiger charge is 2.46. The molecule has 13 atom stereocenters. The van der Waals surface area contributed by atoms with Crippen LogP contribution in [-0.4, -0.2) is 193 Å². The molecule has 0 spiro atoms. The summed E-state index contributed by atoms with van der Waals surface area (Å²) in [5.41, 5.74) is 7.47. The number of anilines is 1. The van der Waals surface area contributed by atoms with Gasteiger partial charge in [-0.1, -0.05) is 137 Å². The molecule has 2 heterocycles. The molecule has 23 nitrogen and oxygen atoms in total. The fourth-order valence-corrected chi connectivity index (χ4v) is 14.0. The second-order valence-corrected chi connectivity index (χ2v) is 28.4. The maximum atomic E-state index is 14.9. The number of halogens is 3. The summed E-state index contributed by atoms with van der Waals surface area (Å²) < 4.78 is 61.5. The van der Waals surface area contributed by atoms with Crippen LogP contribution in [0.2, 0.25) is 0 Å². The Kier molecular flexibility index (Phi) is 32.8. The summed E-state index contributed by atoms with van der Waals surface area (Å²) in [7, 11) is 6.07. The number of unbranched alkanes of at least 4 members (excludes halogenated alkanes) is 2. The number of hydrogen-bond donors (Lipinski definition) is 7. The van der Waals surface area contributed by atoms with E-state index in [4.69, 9.17) is 19.9 Å². The molecule has 99 heavy (non-hydrogen) atoms. The van der Waals surface area contributed by atoms with Crippen LogP contribution in [0.25, 0.3) is 0 Å². The van der Waals surface area contributed by atoms with Crippen LogP contribution in [0.1, 0.15) is 170 Å². The summed E-state index contributed by atoms with van der Waals surface area (Å²) in [6, 6.07) is 7.07. The monoisotopic (exact) mass is 1390 g/mol. The van der Waals surface area contributed by atoms with E-state index in [1.54, 1.807) is 109 Å². The molecule has 0 unspecified atom stereocenters. The summed E-state index contributed by atoms with van der Waals surface area (Å²) in [4.78, 5) is 129. The van der Waals surface area contributed by atoms with Gasteiger partial charge in [-0.2, -0.15) is 13.2 Å². The van der Waals surface area contributed by atoms with E-state index in [-0.39, 0.29) is 62.5 Å². The number of aliphatic hydroxyl groups is 1. The largest absolute Gasteiger partial charge is 0.445 e. The average molecular weight is 1400 g/mol. The molecule has 9 amide bonds. The molecule has 2 fully saturated rings. The fourth-order valence-electron chi connectivity index (χ4n) is 14.0. The van der Waals surface area contributed by atoms with E-state index in [2.05, 4.69) is 26.6 Å². The van der Waals surface area contributed by atoms with E-state index < -0.39 is 138 Å². The highest BCUT2D eigenvalue weighted by Crippen LogP contribution is 2.34. The third-order valence-electron chi connectivity index (χ3n) is 20.2. The summed E-state index contributed by atoms with van der Waals surface area (Å²) in [5, 5.41) is 25.1. The first-order valence-electron chi connectivity index (χ1n) is 35.4. The Labute approximate surface area is 583 Å². The van der Waals surface area contributed by atoms with E-state index in [0.717, 1.165) is 42.7 Å². The van der Waals surface area contributed by atoms with Crippen molar-refractivity contribution in [3.05, 3.63) is 77.9 Å². The highest BCUT2D eigenvalue weighted by molar-refractivity contribution is 6.12. The number of alkyl halides is 3. The number of methoxy groups -OCH3 is 2. The zero-order valence-corrected chi connectivity index (χ0v) is 60.6. The van der Waals surface area contributed by atoms with Gasteiger partial charge < -0.3 is 56.1 Å². The second kappa shape index (κ2) is 39.3. The van der Waals surface area contributed by atoms with Crippen molar-refractivity contribution >= 4 is 59.0 Å². The van der Waals surface area contributed by atoms with Crippen molar-refractivity contribution in [3.8, 4) is 0 Å². The van der Waals surface area contributed by atoms with Gasteiger partial charge in [-0.25, -0.2) is 4.79 Å². The number of rotatable bonds is 38. The van der Waals surface area contributed by atoms with Gasteiger partial charge in [0, 0.05) is 59.2 Å². The molecule has 2 aliphatic heterocycles. The van der Waals surface area contributed by atoms with E-state index >= 15 is 0 Å². The molecule has 2 aromatic rings. The van der Waals surface area contributed by atoms with Crippen molar-refractivity contribution in [2.24, 2.45) is 47.2 Å². The quantitative estimate of drug-likeness (QED) is 0.0246. The molecule has 0 aromatic heterocycles. The number of carbonyl (C=O) groups excluding carboxylic acids is 9. The molecule has 26 heteroatoms.